The number of hydrogen-bond acceptors (Lipinski definition) is 6. The number of halogens is 6. The Morgan fingerprint density at radius 1 is 0.895 bits per heavy atom. The number of alkyl halides is 6. The van der Waals surface area contributed by atoms with Gasteiger partial charge in [-0.25, -0.2) is 19.1 Å². The average molecular weight is 554 g/mol. The van der Waals surface area contributed by atoms with Crippen LogP contribution in [-0.4, -0.2) is 86.7 Å². The Balaban J connectivity index is 0.000000239. The molecule has 2 N–H and O–H groups in total. The van der Waals surface area contributed by atoms with Crippen molar-refractivity contribution >= 4 is 23.3 Å². The molecule has 9 nitrogen and oxygen atoms in total. The molecule has 2 aromatic rings. The lowest BCUT2D eigenvalue weighted by Crippen LogP contribution is -2.36. The molecule has 0 bridgehead atoms. The number of carboxylic acids is 2. The molecule has 3 fully saturated rings. The van der Waals surface area contributed by atoms with E-state index in [0.29, 0.717) is 5.92 Å². The quantitative estimate of drug-likeness (QED) is 0.543. The van der Waals surface area contributed by atoms with Crippen molar-refractivity contribution < 1.29 is 46.1 Å². The van der Waals surface area contributed by atoms with E-state index < -0.39 is 24.3 Å². The molecule has 1 unspecified atom stereocenters. The molecular weight excluding hydrogens is 524 g/mol. The van der Waals surface area contributed by atoms with Crippen molar-refractivity contribution in [1.29, 1.82) is 0 Å². The maximum atomic E-state index is 10.6. The molecule has 0 amide bonds. The number of nitrogens with zero attached hydrogens (tertiary/aromatic N) is 5. The molecular formula is C23H29F6N5O4. The molecule has 2 saturated heterocycles. The Hall–Kier alpha value is -3.10. The van der Waals surface area contributed by atoms with Crippen LogP contribution in [-0.2, 0) is 9.59 Å². The van der Waals surface area contributed by atoms with E-state index in [2.05, 4.69) is 28.1 Å². The highest BCUT2D eigenvalue weighted by Gasteiger charge is 2.39. The van der Waals surface area contributed by atoms with Gasteiger partial charge < -0.3 is 20.0 Å². The van der Waals surface area contributed by atoms with Gasteiger partial charge in [-0.1, -0.05) is 0 Å². The number of aromatic nitrogens is 3. The van der Waals surface area contributed by atoms with Crippen LogP contribution in [0.4, 0.5) is 32.0 Å². The Kier molecular flexibility index (Phi) is 9.44. The Bertz CT molecular complexity index is 1070. The third kappa shape index (κ3) is 8.74. The zero-order chi connectivity index (χ0) is 28.1. The fraction of sp³-hybridized carbons (Fsp3) is 0.652. The molecule has 2 aliphatic heterocycles. The second-order valence-electron chi connectivity index (χ2n) is 9.50. The smallest absolute Gasteiger partial charge is 0.475 e. The van der Waals surface area contributed by atoms with Crippen molar-refractivity contribution in [3.63, 3.8) is 0 Å². The summed E-state index contributed by atoms with van der Waals surface area (Å²) in [7, 11) is 0. The van der Waals surface area contributed by atoms with Crippen LogP contribution >= 0.6 is 0 Å². The first kappa shape index (κ1) is 29.5. The van der Waals surface area contributed by atoms with E-state index in [1.807, 2.05) is 4.52 Å². The summed E-state index contributed by atoms with van der Waals surface area (Å²) in [5, 5.41) is 19.1. The largest absolute Gasteiger partial charge is 0.490 e. The van der Waals surface area contributed by atoms with E-state index in [0.717, 1.165) is 23.9 Å². The first-order valence-corrected chi connectivity index (χ1v) is 12.2. The van der Waals surface area contributed by atoms with Crippen molar-refractivity contribution in [2.75, 3.05) is 37.6 Å². The maximum Gasteiger partial charge on any atom is 0.490 e. The molecule has 3 aliphatic rings. The van der Waals surface area contributed by atoms with Crippen LogP contribution in [0.15, 0.2) is 18.3 Å². The lowest BCUT2D eigenvalue weighted by molar-refractivity contribution is -0.193. The van der Waals surface area contributed by atoms with Gasteiger partial charge in [-0.05, 0) is 63.1 Å². The van der Waals surface area contributed by atoms with Crippen LogP contribution in [0.3, 0.4) is 0 Å². The van der Waals surface area contributed by atoms with Crippen LogP contribution < -0.4 is 4.90 Å². The third-order valence-electron chi connectivity index (χ3n) is 6.37. The normalized spacial score (nSPS) is 20.4. The Labute approximate surface area is 214 Å². The number of anilines is 1. The van der Waals surface area contributed by atoms with E-state index in [1.165, 1.54) is 70.4 Å². The molecule has 38 heavy (non-hydrogen) atoms. The minimum atomic E-state index is -5.08. The van der Waals surface area contributed by atoms with E-state index in [4.69, 9.17) is 29.9 Å². The van der Waals surface area contributed by atoms with Crippen LogP contribution in [0.1, 0.15) is 50.3 Å². The number of pyridine rings is 1. The van der Waals surface area contributed by atoms with Gasteiger partial charge in [0.05, 0.1) is 11.9 Å². The van der Waals surface area contributed by atoms with Crippen molar-refractivity contribution in [3.05, 3.63) is 24.2 Å². The highest BCUT2D eigenvalue weighted by atomic mass is 19.4. The first-order valence-electron chi connectivity index (χ1n) is 12.2. The number of hydrogen-bond donors (Lipinski definition) is 2. The molecule has 212 valence electrons. The minimum absolute atomic E-state index is 0.507. The number of carbonyl (C=O) groups is 2. The van der Waals surface area contributed by atoms with Gasteiger partial charge in [0.2, 0.25) is 0 Å². The lowest BCUT2D eigenvalue weighted by atomic mass is 9.97. The maximum absolute atomic E-state index is 10.6. The third-order valence-corrected chi connectivity index (χ3v) is 6.37. The van der Waals surface area contributed by atoms with E-state index in [-0.39, 0.29) is 0 Å². The Morgan fingerprint density at radius 2 is 1.47 bits per heavy atom. The first-order chi connectivity index (χ1) is 17.7. The summed E-state index contributed by atoms with van der Waals surface area (Å²) in [4.78, 5) is 27.7. The molecule has 5 rings (SSSR count). The second kappa shape index (κ2) is 12.2. The second-order valence-corrected chi connectivity index (χ2v) is 9.50. The van der Waals surface area contributed by atoms with Crippen molar-refractivity contribution in [3.8, 4) is 0 Å². The van der Waals surface area contributed by atoms with Crippen LogP contribution in [0, 0.1) is 5.92 Å². The SMILES string of the molecule is O=C(O)C(F)(F)F.O=C(O)C(F)(F)F.c1cc2nc(C3CCCN(CC4CC4)C3)nn2cc1N1CCCC1. The highest BCUT2D eigenvalue weighted by molar-refractivity contribution is 5.73. The molecule has 2 aromatic heterocycles. The van der Waals surface area contributed by atoms with Gasteiger partial charge >= 0.3 is 24.3 Å². The Morgan fingerprint density at radius 3 is 2.00 bits per heavy atom. The van der Waals surface area contributed by atoms with Crippen LogP contribution in [0.5, 0.6) is 0 Å². The fourth-order valence-electron chi connectivity index (χ4n) is 4.32. The zero-order valence-electron chi connectivity index (χ0n) is 20.4. The molecule has 4 heterocycles. The molecule has 15 heteroatoms. The van der Waals surface area contributed by atoms with E-state index >= 15 is 0 Å². The number of aliphatic carboxylic acids is 2. The number of likely N-dealkylation sites (tertiary alicyclic amines) is 1. The zero-order valence-corrected chi connectivity index (χ0v) is 20.4. The summed E-state index contributed by atoms with van der Waals surface area (Å²) < 4.78 is 65.5. The van der Waals surface area contributed by atoms with Crippen molar-refractivity contribution in [2.24, 2.45) is 5.92 Å². The number of fused-ring (bicyclic) bond motifs is 1. The highest BCUT2D eigenvalue weighted by Crippen LogP contribution is 2.33. The predicted molar refractivity (Wildman–Crippen MR) is 123 cm³/mol. The molecule has 1 atom stereocenters. The van der Waals surface area contributed by atoms with Gasteiger partial charge in [0, 0.05) is 32.1 Å². The van der Waals surface area contributed by atoms with Crippen LogP contribution in [0.2, 0.25) is 0 Å². The molecule has 0 aromatic carbocycles. The molecule has 1 aliphatic carbocycles. The van der Waals surface area contributed by atoms with Gasteiger partial charge in [-0.2, -0.15) is 31.4 Å². The van der Waals surface area contributed by atoms with Crippen LogP contribution in [0.25, 0.3) is 5.65 Å². The summed E-state index contributed by atoms with van der Waals surface area (Å²) in [5.74, 6) is -2.98. The summed E-state index contributed by atoms with van der Waals surface area (Å²) in [5.41, 5.74) is 2.28. The summed E-state index contributed by atoms with van der Waals surface area (Å²) in [6.45, 7) is 6.05. The minimum Gasteiger partial charge on any atom is -0.475 e. The monoisotopic (exact) mass is 553 g/mol. The van der Waals surface area contributed by atoms with Gasteiger partial charge in [0.25, 0.3) is 0 Å². The van der Waals surface area contributed by atoms with Gasteiger partial charge in [-0.3, -0.25) is 0 Å². The van der Waals surface area contributed by atoms with E-state index in [1.54, 1.807) is 0 Å². The summed E-state index contributed by atoms with van der Waals surface area (Å²) >= 11 is 0. The van der Waals surface area contributed by atoms with Gasteiger partial charge in [0.1, 0.15) is 0 Å². The predicted octanol–water partition coefficient (Wildman–Crippen LogP) is 4.19. The lowest BCUT2D eigenvalue weighted by Gasteiger charge is -2.31. The van der Waals surface area contributed by atoms with Gasteiger partial charge in [0.15, 0.2) is 11.5 Å². The molecule has 0 spiro atoms. The van der Waals surface area contributed by atoms with Gasteiger partial charge in [-0.15, -0.1) is 0 Å². The summed E-state index contributed by atoms with van der Waals surface area (Å²) in [6, 6.07) is 4.34. The topological polar surface area (TPSA) is 111 Å². The summed E-state index contributed by atoms with van der Waals surface area (Å²) in [6.07, 6.45) is 0.00412. The number of carboxylic acid groups (broad SMARTS) is 2. The standard InChI is InChI=1S/C19H27N5.2C2HF3O2/c1-2-11-23(10-1)17-7-8-18-20-19(21-24(18)14-17)16-4-3-9-22(13-16)12-15-5-6-15;2*3-2(4,5)1(6)7/h7-8,14-16H,1-6,9-13H2;2*(H,6,7). The number of piperidine rings is 1. The average Bonchev–Trinajstić information content (AvgIpc) is 3.31. The van der Waals surface area contributed by atoms with Crippen molar-refractivity contribution in [1.82, 2.24) is 19.5 Å². The van der Waals surface area contributed by atoms with E-state index in [9.17, 15) is 26.3 Å². The molecule has 1 saturated carbocycles. The number of rotatable bonds is 4. The van der Waals surface area contributed by atoms with Crippen molar-refractivity contribution in [2.45, 2.75) is 56.8 Å². The fourth-order valence-corrected chi connectivity index (χ4v) is 4.32. The molecule has 0 radical (unpaired) electrons.